The molecule has 0 aromatic heterocycles. The van der Waals surface area contributed by atoms with E-state index in [0.29, 0.717) is 32.8 Å². The molecule has 0 aliphatic carbocycles. The predicted molar refractivity (Wildman–Crippen MR) is 75.3 cm³/mol. The zero-order chi connectivity index (χ0) is 15.4. The fourth-order valence-corrected chi connectivity index (χ4v) is 2.26. The van der Waals surface area contributed by atoms with E-state index in [0.717, 1.165) is 0 Å². The standard InChI is InChI=1S/C14H26N2O4/c1-6-14(4)11(17)15-13(2,3)12(18)16(14)7-8-20-10-9-19-5/h6-10H2,1-5H3,(H,15,17). The molecule has 20 heavy (non-hydrogen) atoms. The van der Waals surface area contributed by atoms with Gasteiger partial charge in [0.15, 0.2) is 0 Å². The maximum absolute atomic E-state index is 12.5. The van der Waals surface area contributed by atoms with Crippen molar-refractivity contribution in [3.63, 3.8) is 0 Å². The van der Waals surface area contributed by atoms with Crippen LogP contribution in [0.15, 0.2) is 0 Å². The summed E-state index contributed by atoms with van der Waals surface area (Å²) in [5.74, 6) is -0.182. The molecule has 1 rings (SSSR count). The number of hydrogen-bond donors (Lipinski definition) is 1. The first-order valence-corrected chi connectivity index (χ1v) is 7.01. The molecule has 1 aliphatic rings. The molecule has 0 saturated carbocycles. The summed E-state index contributed by atoms with van der Waals surface area (Å²) >= 11 is 0. The number of nitrogens with zero attached hydrogens (tertiary/aromatic N) is 1. The number of piperazine rings is 1. The Morgan fingerprint density at radius 1 is 1.15 bits per heavy atom. The summed E-state index contributed by atoms with van der Waals surface area (Å²) in [6.45, 7) is 8.96. The number of methoxy groups -OCH3 is 1. The van der Waals surface area contributed by atoms with Crippen LogP contribution in [-0.2, 0) is 19.1 Å². The van der Waals surface area contributed by atoms with Crippen molar-refractivity contribution < 1.29 is 19.1 Å². The minimum Gasteiger partial charge on any atom is -0.382 e. The van der Waals surface area contributed by atoms with E-state index in [1.54, 1.807) is 32.8 Å². The molecule has 0 aromatic carbocycles. The number of ether oxygens (including phenoxy) is 2. The van der Waals surface area contributed by atoms with Crippen molar-refractivity contribution in [2.75, 3.05) is 33.5 Å². The number of hydrogen-bond acceptors (Lipinski definition) is 4. The summed E-state index contributed by atoms with van der Waals surface area (Å²) in [6.07, 6.45) is 0.568. The molecule has 0 aromatic rings. The van der Waals surface area contributed by atoms with Gasteiger partial charge in [-0.05, 0) is 27.2 Å². The topological polar surface area (TPSA) is 67.9 Å². The average Bonchev–Trinajstić information content (AvgIpc) is 2.39. The molecule has 0 radical (unpaired) electrons. The lowest BCUT2D eigenvalue weighted by molar-refractivity contribution is -0.162. The van der Waals surface area contributed by atoms with Crippen LogP contribution in [0.5, 0.6) is 0 Å². The van der Waals surface area contributed by atoms with Crippen LogP contribution in [0.4, 0.5) is 0 Å². The van der Waals surface area contributed by atoms with E-state index in [-0.39, 0.29) is 11.8 Å². The monoisotopic (exact) mass is 286 g/mol. The second kappa shape index (κ2) is 6.54. The third-order valence-corrected chi connectivity index (χ3v) is 3.87. The van der Waals surface area contributed by atoms with E-state index < -0.39 is 11.1 Å². The number of amides is 2. The van der Waals surface area contributed by atoms with Gasteiger partial charge in [-0.2, -0.15) is 0 Å². The van der Waals surface area contributed by atoms with E-state index >= 15 is 0 Å². The average molecular weight is 286 g/mol. The zero-order valence-electron chi connectivity index (χ0n) is 13.1. The Kier molecular flexibility index (Phi) is 5.53. The van der Waals surface area contributed by atoms with Crippen LogP contribution in [0.2, 0.25) is 0 Å². The Balaban J connectivity index is 2.75. The van der Waals surface area contributed by atoms with Crippen molar-refractivity contribution in [3.05, 3.63) is 0 Å². The van der Waals surface area contributed by atoms with Gasteiger partial charge in [0.2, 0.25) is 11.8 Å². The summed E-state index contributed by atoms with van der Waals surface area (Å²) in [4.78, 5) is 26.4. The van der Waals surface area contributed by atoms with Crippen molar-refractivity contribution in [1.29, 1.82) is 0 Å². The van der Waals surface area contributed by atoms with E-state index in [9.17, 15) is 9.59 Å². The molecule has 0 spiro atoms. The molecule has 1 unspecified atom stereocenters. The number of nitrogens with one attached hydrogen (secondary N) is 1. The van der Waals surface area contributed by atoms with Crippen LogP contribution in [-0.4, -0.2) is 61.3 Å². The highest BCUT2D eigenvalue weighted by atomic mass is 16.5. The maximum atomic E-state index is 12.5. The van der Waals surface area contributed by atoms with E-state index in [1.165, 1.54) is 0 Å². The summed E-state index contributed by atoms with van der Waals surface area (Å²) in [7, 11) is 1.61. The lowest BCUT2D eigenvalue weighted by Gasteiger charge is -2.48. The number of rotatable bonds is 7. The first-order chi connectivity index (χ1) is 9.29. The van der Waals surface area contributed by atoms with E-state index in [1.807, 2.05) is 6.92 Å². The van der Waals surface area contributed by atoms with Crippen molar-refractivity contribution in [2.24, 2.45) is 0 Å². The van der Waals surface area contributed by atoms with Crippen molar-refractivity contribution in [1.82, 2.24) is 10.2 Å². The lowest BCUT2D eigenvalue weighted by atomic mass is 9.86. The molecule has 0 bridgehead atoms. The molecular weight excluding hydrogens is 260 g/mol. The van der Waals surface area contributed by atoms with Crippen LogP contribution in [0.25, 0.3) is 0 Å². The lowest BCUT2D eigenvalue weighted by Crippen LogP contribution is -2.73. The van der Waals surface area contributed by atoms with Crippen LogP contribution in [0.3, 0.4) is 0 Å². The van der Waals surface area contributed by atoms with Gasteiger partial charge in [-0.3, -0.25) is 9.59 Å². The largest absolute Gasteiger partial charge is 0.382 e. The molecular formula is C14H26N2O4. The molecule has 1 N–H and O–H groups in total. The second-order valence-corrected chi connectivity index (χ2v) is 5.77. The van der Waals surface area contributed by atoms with Gasteiger partial charge in [0.25, 0.3) is 0 Å². The van der Waals surface area contributed by atoms with Crippen LogP contribution in [0.1, 0.15) is 34.1 Å². The zero-order valence-corrected chi connectivity index (χ0v) is 13.1. The van der Waals surface area contributed by atoms with Gasteiger partial charge < -0.3 is 19.7 Å². The SMILES string of the molecule is CCC1(C)C(=O)NC(C)(C)C(=O)N1CCOCCOC. The van der Waals surface area contributed by atoms with Crippen LogP contribution in [0, 0.1) is 0 Å². The Labute approximate surface area is 120 Å². The van der Waals surface area contributed by atoms with Crippen molar-refractivity contribution >= 4 is 11.8 Å². The van der Waals surface area contributed by atoms with Crippen LogP contribution < -0.4 is 5.32 Å². The molecule has 1 heterocycles. The Hall–Kier alpha value is -1.14. The summed E-state index contributed by atoms with van der Waals surface area (Å²) in [5, 5.41) is 2.80. The Morgan fingerprint density at radius 3 is 2.35 bits per heavy atom. The molecule has 116 valence electrons. The van der Waals surface area contributed by atoms with Gasteiger partial charge in [-0.25, -0.2) is 0 Å². The van der Waals surface area contributed by atoms with Gasteiger partial charge in [0.1, 0.15) is 11.1 Å². The Bertz CT molecular complexity index is 370. The highest BCUT2D eigenvalue weighted by molar-refractivity contribution is 6.01. The highest BCUT2D eigenvalue weighted by Crippen LogP contribution is 2.28. The smallest absolute Gasteiger partial charge is 0.248 e. The van der Waals surface area contributed by atoms with E-state index in [2.05, 4.69) is 5.32 Å². The molecule has 1 saturated heterocycles. The fraction of sp³-hybridized carbons (Fsp3) is 0.857. The maximum Gasteiger partial charge on any atom is 0.248 e. The third kappa shape index (κ3) is 3.30. The molecule has 6 heteroatoms. The van der Waals surface area contributed by atoms with E-state index in [4.69, 9.17) is 9.47 Å². The summed E-state index contributed by atoms with van der Waals surface area (Å²) < 4.78 is 10.3. The molecule has 2 amide bonds. The minimum atomic E-state index is -0.863. The predicted octanol–water partition coefficient (Wildman–Crippen LogP) is 0.555. The molecule has 1 atom stereocenters. The van der Waals surface area contributed by atoms with Gasteiger partial charge in [0, 0.05) is 13.7 Å². The molecule has 6 nitrogen and oxygen atoms in total. The summed E-state index contributed by atoms with van der Waals surface area (Å²) in [5.41, 5.74) is -1.67. The first-order valence-electron chi connectivity index (χ1n) is 7.01. The molecule has 1 aliphatic heterocycles. The van der Waals surface area contributed by atoms with Gasteiger partial charge >= 0.3 is 0 Å². The van der Waals surface area contributed by atoms with Gasteiger partial charge in [0.05, 0.1) is 19.8 Å². The molecule has 1 fully saturated rings. The fourth-order valence-electron chi connectivity index (χ4n) is 2.26. The third-order valence-electron chi connectivity index (χ3n) is 3.87. The summed E-state index contributed by atoms with van der Waals surface area (Å²) in [6, 6.07) is 0. The minimum absolute atomic E-state index is 0.0724. The first kappa shape index (κ1) is 16.9. The normalized spacial score (nSPS) is 25.8. The highest BCUT2D eigenvalue weighted by Gasteiger charge is 2.51. The van der Waals surface area contributed by atoms with Gasteiger partial charge in [-0.1, -0.05) is 6.92 Å². The van der Waals surface area contributed by atoms with Crippen LogP contribution >= 0.6 is 0 Å². The number of carbonyl (C=O) groups is 2. The van der Waals surface area contributed by atoms with Crippen molar-refractivity contribution in [3.8, 4) is 0 Å². The second-order valence-electron chi connectivity index (χ2n) is 5.77. The van der Waals surface area contributed by atoms with Crippen molar-refractivity contribution in [2.45, 2.75) is 45.2 Å². The Morgan fingerprint density at radius 2 is 1.80 bits per heavy atom. The quantitative estimate of drug-likeness (QED) is 0.694. The number of carbonyl (C=O) groups excluding carboxylic acids is 2. The van der Waals surface area contributed by atoms with Gasteiger partial charge in [-0.15, -0.1) is 0 Å².